The summed E-state index contributed by atoms with van der Waals surface area (Å²) in [4.78, 5) is 23.4. The van der Waals surface area contributed by atoms with Gasteiger partial charge >= 0.3 is 11.9 Å². The molecule has 0 spiro atoms. The van der Waals surface area contributed by atoms with Gasteiger partial charge in [-0.25, -0.2) is 0 Å². The summed E-state index contributed by atoms with van der Waals surface area (Å²) in [6.07, 6.45) is 2.99. The average Bonchev–Trinajstić information content (AvgIpc) is 2.55. The van der Waals surface area contributed by atoms with E-state index in [2.05, 4.69) is 28.3 Å². The monoisotopic (exact) mass is 354 g/mol. The topological polar surface area (TPSA) is 74.6 Å². The fraction of sp³-hybridized carbons (Fsp3) is 0.529. The van der Waals surface area contributed by atoms with Crippen LogP contribution in [-0.4, -0.2) is 33.2 Å². The summed E-state index contributed by atoms with van der Waals surface area (Å²) in [7, 11) is 2.13. The molecule has 6 unspecified atom stereocenters. The maximum absolute atomic E-state index is 11.9. The van der Waals surface area contributed by atoms with Crippen LogP contribution in [-0.2, 0) is 9.59 Å². The van der Waals surface area contributed by atoms with Gasteiger partial charge in [-0.1, -0.05) is 51.6 Å². The third kappa shape index (κ3) is 4.11. The molecule has 126 valence electrons. The number of carbonyl (C=O) groups is 2. The number of carboxylic acids is 2. The number of hydrogen-bond donors (Lipinski definition) is 2. The predicted molar refractivity (Wildman–Crippen MR) is 96.7 cm³/mol. The van der Waals surface area contributed by atoms with Crippen LogP contribution < -0.4 is 5.30 Å². The van der Waals surface area contributed by atoms with Crippen LogP contribution in [0.2, 0.25) is 0 Å². The van der Waals surface area contributed by atoms with Crippen molar-refractivity contribution in [2.75, 3.05) is 0 Å². The fourth-order valence-electron chi connectivity index (χ4n) is 3.53. The van der Waals surface area contributed by atoms with Gasteiger partial charge in [0, 0.05) is 0 Å². The minimum atomic E-state index is -0.970. The van der Waals surface area contributed by atoms with Gasteiger partial charge in [0.05, 0.1) is 11.8 Å². The zero-order valence-electron chi connectivity index (χ0n) is 13.3. The fourth-order valence-corrected chi connectivity index (χ4v) is 8.02. The van der Waals surface area contributed by atoms with E-state index in [0.717, 1.165) is 19.3 Å². The minimum absolute atomic E-state index is 0.0813. The van der Waals surface area contributed by atoms with Gasteiger partial charge in [-0.05, 0) is 35.6 Å². The molecule has 1 fully saturated rings. The molecule has 6 atom stereocenters. The Morgan fingerprint density at radius 1 is 1.22 bits per heavy atom. The van der Waals surface area contributed by atoms with Crippen molar-refractivity contribution in [1.29, 1.82) is 0 Å². The van der Waals surface area contributed by atoms with Crippen LogP contribution in [0.15, 0.2) is 30.3 Å². The Morgan fingerprint density at radius 2 is 1.87 bits per heavy atom. The van der Waals surface area contributed by atoms with Crippen LogP contribution in [0.4, 0.5) is 0 Å². The first kappa shape index (κ1) is 18.4. The molecule has 0 bridgehead atoms. The van der Waals surface area contributed by atoms with E-state index >= 15 is 0 Å². The van der Waals surface area contributed by atoms with E-state index in [9.17, 15) is 19.8 Å². The van der Waals surface area contributed by atoms with E-state index in [0.29, 0.717) is 11.8 Å². The highest BCUT2D eigenvalue weighted by Crippen LogP contribution is 2.56. The maximum Gasteiger partial charge on any atom is 0.308 e. The van der Waals surface area contributed by atoms with Crippen LogP contribution in [0.25, 0.3) is 0 Å². The van der Waals surface area contributed by atoms with Crippen molar-refractivity contribution in [3.05, 3.63) is 30.3 Å². The van der Waals surface area contributed by atoms with Crippen molar-refractivity contribution in [2.24, 2.45) is 11.8 Å². The second-order valence-electron chi connectivity index (χ2n) is 6.03. The molecule has 6 heteroatoms. The molecule has 1 aliphatic rings. The van der Waals surface area contributed by atoms with E-state index < -0.39 is 31.7 Å². The molecular formula is C17H24O4P2. The molecule has 0 radical (unpaired) electrons. The average molecular weight is 354 g/mol. The van der Waals surface area contributed by atoms with Gasteiger partial charge in [0.2, 0.25) is 0 Å². The Morgan fingerprint density at radius 3 is 2.39 bits per heavy atom. The number of aliphatic carboxylic acids is 2. The Hall–Kier alpha value is -0.980. The lowest BCUT2D eigenvalue weighted by Crippen LogP contribution is -2.42. The smallest absolute Gasteiger partial charge is 0.308 e. The molecule has 4 nitrogen and oxygen atoms in total. The van der Waals surface area contributed by atoms with Gasteiger partial charge in [-0.15, -0.1) is 9.24 Å². The molecule has 0 heterocycles. The molecule has 0 aliphatic heterocycles. The van der Waals surface area contributed by atoms with Gasteiger partial charge in [-0.3, -0.25) is 9.59 Å². The van der Waals surface area contributed by atoms with Gasteiger partial charge < -0.3 is 10.2 Å². The van der Waals surface area contributed by atoms with Gasteiger partial charge in [0.25, 0.3) is 0 Å². The SMILES string of the molecule is CCC(P)P(c1ccccc1)C1CCCC(C(=O)O)C1C(=O)O. The summed E-state index contributed by atoms with van der Waals surface area (Å²) in [5.74, 6) is -3.49. The number of benzene rings is 1. The number of rotatable bonds is 6. The summed E-state index contributed by atoms with van der Waals surface area (Å²) in [6, 6.07) is 10.0. The van der Waals surface area contributed by atoms with E-state index in [1.165, 1.54) is 5.30 Å². The van der Waals surface area contributed by atoms with E-state index in [1.54, 1.807) is 0 Å². The molecule has 0 aromatic heterocycles. The van der Waals surface area contributed by atoms with E-state index in [-0.39, 0.29) is 5.66 Å². The molecule has 1 saturated carbocycles. The van der Waals surface area contributed by atoms with Crippen molar-refractivity contribution in [1.82, 2.24) is 0 Å². The molecule has 0 saturated heterocycles. The van der Waals surface area contributed by atoms with Gasteiger partial charge in [0.15, 0.2) is 0 Å². The lowest BCUT2D eigenvalue weighted by Gasteiger charge is -2.41. The van der Waals surface area contributed by atoms with Crippen molar-refractivity contribution >= 4 is 34.4 Å². The first-order valence-corrected chi connectivity index (χ1v) is 10.2. The molecule has 1 aromatic carbocycles. The highest BCUT2D eigenvalue weighted by atomic mass is 31.2. The summed E-state index contributed by atoms with van der Waals surface area (Å²) < 4.78 is 0. The molecule has 1 aromatic rings. The third-order valence-electron chi connectivity index (χ3n) is 4.65. The van der Waals surface area contributed by atoms with E-state index in [1.807, 2.05) is 18.2 Å². The highest BCUT2D eigenvalue weighted by Gasteiger charge is 2.46. The maximum atomic E-state index is 11.9. The molecule has 23 heavy (non-hydrogen) atoms. The predicted octanol–water partition coefficient (Wildman–Crippen LogP) is 3.36. The molecule has 2 rings (SSSR count). The molecular weight excluding hydrogens is 330 g/mol. The first-order chi connectivity index (χ1) is 11.0. The Bertz CT molecular complexity index is 549. The largest absolute Gasteiger partial charge is 0.481 e. The molecule has 1 aliphatic carbocycles. The van der Waals surface area contributed by atoms with Gasteiger partial charge in [-0.2, -0.15) is 0 Å². The Labute approximate surface area is 140 Å². The number of carboxylic acid groups (broad SMARTS) is 2. The quantitative estimate of drug-likeness (QED) is 0.768. The second-order valence-corrected chi connectivity index (χ2v) is 10.0. The zero-order chi connectivity index (χ0) is 17.0. The zero-order valence-corrected chi connectivity index (χ0v) is 15.3. The Kier molecular flexibility index (Phi) is 6.56. The summed E-state index contributed by atoms with van der Waals surface area (Å²) in [6.45, 7) is 2.10. The third-order valence-corrected chi connectivity index (χ3v) is 9.36. The van der Waals surface area contributed by atoms with Crippen LogP contribution in [0.5, 0.6) is 0 Å². The highest BCUT2D eigenvalue weighted by molar-refractivity contribution is 7.72. The van der Waals surface area contributed by atoms with Crippen LogP contribution in [0, 0.1) is 11.8 Å². The lowest BCUT2D eigenvalue weighted by atomic mass is 9.79. The molecule has 2 N–H and O–H groups in total. The minimum Gasteiger partial charge on any atom is -0.481 e. The molecule has 0 amide bonds. The van der Waals surface area contributed by atoms with Gasteiger partial charge in [0.1, 0.15) is 0 Å². The van der Waals surface area contributed by atoms with E-state index in [4.69, 9.17) is 0 Å². The second kappa shape index (κ2) is 8.22. The van der Waals surface area contributed by atoms with Crippen molar-refractivity contribution in [3.63, 3.8) is 0 Å². The normalized spacial score (nSPS) is 27.1. The summed E-state index contributed by atoms with van der Waals surface area (Å²) in [5.41, 5.74) is -0.0813. The number of hydrogen-bond acceptors (Lipinski definition) is 2. The summed E-state index contributed by atoms with van der Waals surface area (Å²) in [5, 5.41) is 20.7. The van der Waals surface area contributed by atoms with Crippen LogP contribution >= 0.6 is 17.2 Å². The van der Waals surface area contributed by atoms with Crippen LogP contribution in [0.3, 0.4) is 0 Å². The Balaban J connectivity index is 2.43. The lowest BCUT2D eigenvalue weighted by molar-refractivity contribution is -0.155. The van der Waals surface area contributed by atoms with Crippen molar-refractivity contribution in [3.8, 4) is 0 Å². The first-order valence-electron chi connectivity index (χ1n) is 8.02. The standard InChI is InChI=1S/C17H24O4P2/c1-2-14(22)23(11-7-4-3-5-8-11)13-10-6-9-12(16(18)19)15(13)17(20)21/h3-5,7-8,12-15H,2,6,9-10,22H2,1H3,(H,18,19)(H,20,21). The van der Waals surface area contributed by atoms with Crippen LogP contribution in [0.1, 0.15) is 32.6 Å². The summed E-state index contributed by atoms with van der Waals surface area (Å²) >= 11 is 0. The van der Waals surface area contributed by atoms with Crippen molar-refractivity contribution < 1.29 is 19.8 Å². The van der Waals surface area contributed by atoms with Crippen molar-refractivity contribution in [2.45, 2.75) is 43.7 Å².